The predicted octanol–water partition coefficient (Wildman–Crippen LogP) is 2.86. The van der Waals surface area contributed by atoms with E-state index in [2.05, 4.69) is 19.2 Å². The molecule has 0 aromatic heterocycles. The Labute approximate surface area is 132 Å². The van der Waals surface area contributed by atoms with Crippen molar-refractivity contribution in [2.24, 2.45) is 5.41 Å². The summed E-state index contributed by atoms with van der Waals surface area (Å²) in [5, 5.41) is 12.7. The molecule has 2 rings (SSSR count). The maximum absolute atomic E-state index is 12.3. The Morgan fingerprint density at radius 1 is 1.45 bits per heavy atom. The van der Waals surface area contributed by atoms with E-state index in [1.165, 1.54) is 0 Å². The van der Waals surface area contributed by atoms with Crippen molar-refractivity contribution in [3.8, 4) is 5.75 Å². The van der Waals surface area contributed by atoms with Crippen LogP contribution in [-0.4, -0.2) is 30.8 Å². The molecule has 122 valence electrons. The van der Waals surface area contributed by atoms with Gasteiger partial charge in [-0.1, -0.05) is 32.4 Å². The van der Waals surface area contributed by atoms with Gasteiger partial charge in [0.05, 0.1) is 13.7 Å². The normalized spacial score (nSPS) is 25.7. The standard InChI is InChI=1S/C18H27NO3/c1-13(14-6-8-15(22-3)9-7-14)11-17(21)19-16-5-4-10-18(16,2)12-20/h6-9,13,16,20H,4-5,10-12H2,1-3H3,(H,19,21). The van der Waals surface area contributed by atoms with Crippen LogP contribution in [0.15, 0.2) is 24.3 Å². The van der Waals surface area contributed by atoms with Gasteiger partial charge in [-0.15, -0.1) is 0 Å². The van der Waals surface area contributed by atoms with E-state index in [0.717, 1.165) is 30.6 Å². The monoisotopic (exact) mass is 305 g/mol. The van der Waals surface area contributed by atoms with E-state index in [0.29, 0.717) is 6.42 Å². The molecule has 1 aliphatic rings. The summed E-state index contributed by atoms with van der Waals surface area (Å²) in [6.45, 7) is 4.24. The van der Waals surface area contributed by atoms with Gasteiger partial charge in [0.25, 0.3) is 0 Å². The van der Waals surface area contributed by atoms with Crippen LogP contribution < -0.4 is 10.1 Å². The lowest BCUT2D eigenvalue weighted by Crippen LogP contribution is -2.45. The zero-order chi connectivity index (χ0) is 16.2. The van der Waals surface area contributed by atoms with Crippen molar-refractivity contribution in [3.63, 3.8) is 0 Å². The Hall–Kier alpha value is -1.55. The van der Waals surface area contributed by atoms with Gasteiger partial charge in [0.2, 0.25) is 5.91 Å². The van der Waals surface area contributed by atoms with E-state index in [9.17, 15) is 9.90 Å². The summed E-state index contributed by atoms with van der Waals surface area (Å²) in [7, 11) is 1.64. The largest absolute Gasteiger partial charge is 0.497 e. The summed E-state index contributed by atoms with van der Waals surface area (Å²) >= 11 is 0. The average molecular weight is 305 g/mol. The highest BCUT2D eigenvalue weighted by atomic mass is 16.5. The van der Waals surface area contributed by atoms with Crippen molar-refractivity contribution in [3.05, 3.63) is 29.8 Å². The number of aliphatic hydroxyl groups is 1. The van der Waals surface area contributed by atoms with Gasteiger partial charge >= 0.3 is 0 Å². The number of carbonyl (C=O) groups excluding carboxylic acids is 1. The number of benzene rings is 1. The van der Waals surface area contributed by atoms with Gasteiger partial charge in [-0.05, 0) is 36.5 Å². The van der Waals surface area contributed by atoms with Crippen LogP contribution in [0.5, 0.6) is 5.75 Å². The Bertz CT molecular complexity index is 500. The highest BCUT2D eigenvalue weighted by Gasteiger charge is 2.39. The minimum Gasteiger partial charge on any atom is -0.497 e. The van der Waals surface area contributed by atoms with E-state index in [1.54, 1.807) is 7.11 Å². The highest BCUT2D eigenvalue weighted by Crippen LogP contribution is 2.37. The molecule has 0 saturated heterocycles. The lowest BCUT2D eigenvalue weighted by molar-refractivity contribution is -0.123. The highest BCUT2D eigenvalue weighted by molar-refractivity contribution is 5.77. The maximum Gasteiger partial charge on any atom is 0.220 e. The summed E-state index contributed by atoms with van der Waals surface area (Å²) in [6, 6.07) is 7.94. The van der Waals surface area contributed by atoms with E-state index >= 15 is 0 Å². The van der Waals surface area contributed by atoms with Crippen LogP contribution in [0.25, 0.3) is 0 Å². The summed E-state index contributed by atoms with van der Waals surface area (Å²) in [5.74, 6) is 1.05. The van der Waals surface area contributed by atoms with Crippen LogP contribution >= 0.6 is 0 Å². The molecule has 4 heteroatoms. The van der Waals surface area contributed by atoms with Crippen LogP contribution in [0, 0.1) is 5.41 Å². The molecule has 1 aliphatic carbocycles. The van der Waals surface area contributed by atoms with Crippen molar-refractivity contribution in [1.29, 1.82) is 0 Å². The summed E-state index contributed by atoms with van der Waals surface area (Å²) in [6.07, 6.45) is 3.46. The molecule has 4 nitrogen and oxygen atoms in total. The number of carbonyl (C=O) groups is 1. The Morgan fingerprint density at radius 2 is 2.14 bits per heavy atom. The molecular formula is C18H27NO3. The van der Waals surface area contributed by atoms with Crippen molar-refractivity contribution in [2.45, 2.75) is 51.5 Å². The Morgan fingerprint density at radius 3 is 2.73 bits per heavy atom. The van der Waals surface area contributed by atoms with Gasteiger partial charge in [-0.3, -0.25) is 4.79 Å². The number of aliphatic hydroxyl groups excluding tert-OH is 1. The number of ether oxygens (including phenoxy) is 1. The van der Waals surface area contributed by atoms with Gasteiger partial charge in [0, 0.05) is 17.9 Å². The second-order valence-electron chi connectivity index (χ2n) is 6.70. The first-order valence-electron chi connectivity index (χ1n) is 8.02. The molecule has 0 spiro atoms. The SMILES string of the molecule is COc1ccc(C(C)CC(=O)NC2CCCC2(C)CO)cc1. The fourth-order valence-electron chi connectivity index (χ4n) is 3.25. The second-order valence-corrected chi connectivity index (χ2v) is 6.70. The number of methoxy groups -OCH3 is 1. The second kappa shape index (κ2) is 7.14. The number of nitrogens with one attached hydrogen (secondary N) is 1. The van der Waals surface area contributed by atoms with Crippen molar-refractivity contribution >= 4 is 5.91 Å². The van der Waals surface area contributed by atoms with Gasteiger partial charge in [0.15, 0.2) is 0 Å². The van der Waals surface area contributed by atoms with E-state index in [1.807, 2.05) is 24.3 Å². The van der Waals surface area contributed by atoms with Gasteiger partial charge in [-0.25, -0.2) is 0 Å². The van der Waals surface area contributed by atoms with E-state index in [-0.39, 0.29) is 29.9 Å². The van der Waals surface area contributed by atoms with Crippen LogP contribution in [0.2, 0.25) is 0 Å². The van der Waals surface area contributed by atoms with Crippen molar-refractivity contribution in [2.75, 3.05) is 13.7 Å². The molecular weight excluding hydrogens is 278 g/mol. The predicted molar refractivity (Wildman–Crippen MR) is 87.0 cm³/mol. The lowest BCUT2D eigenvalue weighted by Gasteiger charge is -2.30. The van der Waals surface area contributed by atoms with E-state index < -0.39 is 0 Å². The third kappa shape index (κ3) is 3.80. The molecule has 1 amide bonds. The topological polar surface area (TPSA) is 58.6 Å². The van der Waals surface area contributed by atoms with Crippen molar-refractivity contribution in [1.82, 2.24) is 5.32 Å². The molecule has 0 radical (unpaired) electrons. The number of rotatable bonds is 6. The molecule has 3 atom stereocenters. The molecule has 3 unspecified atom stereocenters. The van der Waals surface area contributed by atoms with Gasteiger partial charge in [-0.2, -0.15) is 0 Å². The molecule has 1 aromatic rings. The zero-order valence-corrected chi connectivity index (χ0v) is 13.8. The Balaban J connectivity index is 1.90. The Kier molecular flexibility index (Phi) is 5.46. The zero-order valence-electron chi connectivity index (χ0n) is 13.8. The molecule has 22 heavy (non-hydrogen) atoms. The number of amides is 1. The molecule has 1 fully saturated rings. The first-order chi connectivity index (χ1) is 10.5. The summed E-state index contributed by atoms with van der Waals surface area (Å²) in [4.78, 5) is 12.3. The van der Waals surface area contributed by atoms with Crippen LogP contribution in [0.4, 0.5) is 0 Å². The minimum absolute atomic E-state index is 0.0647. The molecule has 0 bridgehead atoms. The van der Waals surface area contributed by atoms with Crippen LogP contribution in [-0.2, 0) is 4.79 Å². The number of hydrogen-bond acceptors (Lipinski definition) is 3. The quantitative estimate of drug-likeness (QED) is 0.849. The average Bonchev–Trinajstić information content (AvgIpc) is 2.88. The number of hydrogen-bond donors (Lipinski definition) is 2. The summed E-state index contributed by atoms with van der Waals surface area (Å²) < 4.78 is 5.15. The fourth-order valence-corrected chi connectivity index (χ4v) is 3.25. The van der Waals surface area contributed by atoms with Crippen molar-refractivity contribution < 1.29 is 14.6 Å². The third-order valence-electron chi connectivity index (χ3n) is 4.95. The minimum atomic E-state index is -0.168. The van der Waals surface area contributed by atoms with Gasteiger partial charge in [0.1, 0.15) is 5.75 Å². The summed E-state index contributed by atoms with van der Waals surface area (Å²) in [5.41, 5.74) is 0.964. The smallest absolute Gasteiger partial charge is 0.220 e. The van der Waals surface area contributed by atoms with Crippen LogP contribution in [0.1, 0.15) is 51.0 Å². The molecule has 0 aliphatic heterocycles. The van der Waals surface area contributed by atoms with E-state index in [4.69, 9.17) is 4.74 Å². The molecule has 2 N–H and O–H groups in total. The molecule has 1 saturated carbocycles. The van der Waals surface area contributed by atoms with Gasteiger partial charge < -0.3 is 15.2 Å². The van der Waals surface area contributed by atoms with Crippen LogP contribution in [0.3, 0.4) is 0 Å². The first kappa shape index (κ1) is 16.8. The fraction of sp³-hybridized carbons (Fsp3) is 0.611. The maximum atomic E-state index is 12.3. The molecule has 1 aromatic carbocycles. The lowest BCUT2D eigenvalue weighted by atomic mass is 9.85. The molecule has 0 heterocycles. The first-order valence-corrected chi connectivity index (χ1v) is 8.02. The third-order valence-corrected chi connectivity index (χ3v) is 4.95.